The Kier molecular flexibility index (Phi) is 6.69. The highest BCUT2D eigenvalue weighted by atomic mass is 15.1. The predicted molar refractivity (Wildman–Crippen MR) is 238 cm³/mol. The van der Waals surface area contributed by atoms with Crippen LogP contribution in [0.15, 0.2) is 103 Å². The fraction of sp³-hybridized carbons (Fsp3) is 0.464. The Labute approximate surface area is 342 Å². The molecule has 0 aliphatic heterocycles. The van der Waals surface area contributed by atoms with Crippen LogP contribution in [0.3, 0.4) is 0 Å². The lowest BCUT2D eigenvalue weighted by molar-refractivity contribution is -0.231. The Balaban J connectivity index is 1.16. The largest absolute Gasteiger partial charge is 0.310 e. The van der Waals surface area contributed by atoms with Gasteiger partial charge in [0, 0.05) is 22.4 Å². The van der Waals surface area contributed by atoms with Gasteiger partial charge in [-0.05, 0) is 183 Å². The summed E-state index contributed by atoms with van der Waals surface area (Å²) in [6.07, 6.45) is 10.7. The van der Waals surface area contributed by atoms with E-state index in [0.29, 0.717) is 5.41 Å². The van der Waals surface area contributed by atoms with E-state index < -0.39 is 0 Å². The van der Waals surface area contributed by atoms with E-state index in [4.69, 9.17) is 0 Å². The first-order valence-corrected chi connectivity index (χ1v) is 22.6. The SMILES string of the molecule is CC1(C)CCC(C)(C)c2cc(N(c3ccc4c(c3)C(C)(C)CCC4(C)C)c3ccc(-c4ccccc4)c4c3-c3ccccc3C43C4CC5CC6CC3C64C5)ccc21. The summed E-state index contributed by atoms with van der Waals surface area (Å²) in [5, 5.41) is 0. The highest BCUT2D eigenvalue weighted by Crippen LogP contribution is 2.90. The molecule has 4 fully saturated rings. The summed E-state index contributed by atoms with van der Waals surface area (Å²) in [4.78, 5) is 2.72. The topological polar surface area (TPSA) is 3.24 Å². The summed E-state index contributed by atoms with van der Waals surface area (Å²) in [5.41, 5.74) is 20.4. The number of hydrogen-bond acceptors (Lipinski definition) is 1. The second-order valence-corrected chi connectivity index (χ2v) is 22.7. The van der Waals surface area contributed by atoms with Crippen LogP contribution in [0.1, 0.15) is 140 Å². The van der Waals surface area contributed by atoms with Crippen LogP contribution in [-0.2, 0) is 27.1 Å². The third kappa shape index (κ3) is 4.22. The van der Waals surface area contributed by atoms with Crippen molar-refractivity contribution in [1.29, 1.82) is 0 Å². The standard InChI is InChI=1S/C56H61N/c1-51(2)24-26-53(5,6)44-31-37(18-21-42(44)51)57(38-19-22-43-45(32-38)54(7,8)27-25-52(43,3)4)46-23-20-39(35-14-10-9-11-15-35)50-49(46)40-16-12-13-17-41(40)56(50)47-29-34-28-36-30-48(56)55(36,47)33-34/h9-23,31-32,34,36,47-48H,24-30,33H2,1-8H3. The third-order valence-corrected chi connectivity index (χ3v) is 18.3. The van der Waals surface area contributed by atoms with Gasteiger partial charge >= 0.3 is 0 Å². The molecule has 0 saturated heterocycles. The predicted octanol–water partition coefficient (Wildman–Crippen LogP) is 14.9. The molecule has 1 nitrogen and oxygen atoms in total. The highest BCUT2D eigenvalue weighted by Gasteiger charge is 2.85. The van der Waals surface area contributed by atoms with Gasteiger partial charge in [0.25, 0.3) is 0 Å². The third-order valence-electron chi connectivity index (χ3n) is 18.3. The Hall–Kier alpha value is -4.10. The van der Waals surface area contributed by atoms with Crippen molar-refractivity contribution in [2.45, 2.75) is 134 Å². The summed E-state index contributed by atoms with van der Waals surface area (Å²) in [6, 6.07) is 41.5. The summed E-state index contributed by atoms with van der Waals surface area (Å²) < 4.78 is 0. The molecule has 7 aliphatic rings. The van der Waals surface area contributed by atoms with Gasteiger partial charge in [-0.25, -0.2) is 0 Å². The van der Waals surface area contributed by atoms with Gasteiger partial charge in [0.05, 0.1) is 5.69 Å². The Bertz CT molecular complexity index is 2450. The number of benzene rings is 5. The Morgan fingerprint density at radius 3 is 1.67 bits per heavy atom. The maximum absolute atomic E-state index is 2.72. The van der Waals surface area contributed by atoms with Gasteiger partial charge in [0.15, 0.2) is 0 Å². The van der Waals surface area contributed by atoms with Crippen molar-refractivity contribution in [3.8, 4) is 22.3 Å². The lowest BCUT2D eigenvalue weighted by atomic mass is 9.26. The molecule has 57 heavy (non-hydrogen) atoms. The second kappa shape index (κ2) is 10.9. The summed E-state index contributed by atoms with van der Waals surface area (Å²) >= 11 is 0. The van der Waals surface area contributed by atoms with Gasteiger partial charge in [-0.2, -0.15) is 0 Å². The molecule has 2 bridgehead atoms. The molecule has 0 N–H and O–H groups in total. The van der Waals surface area contributed by atoms with Crippen molar-refractivity contribution in [3.63, 3.8) is 0 Å². The van der Waals surface area contributed by atoms with Crippen LogP contribution in [0.5, 0.6) is 0 Å². The van der Waals surface area contributed by atoms with E-state index in [1.165, 1.54) is 113 Å². The molecule has 0 radical (unpaired) electrons. The number of fused-ring (bicyclic) bond motifs is 10. The van der Waals surface area contributed by atoms with Gasteiger partial charge in [0.2, 0.25) is 0 Å². The minimum Gasteiger partial charge on any atom is -0.310 e. The monoisotopic (exact) mass is 747 g/mol. The number of hydrogen-bond donors (Lipinski definition) is 0. The zero-order chi connectivity index (χ0) is 39.1. The number of nitrogens with zero attached hydrogens (tertiary/aromatic N) is 1. The molecular formula is C56H61N. The number of rotatable bonds is 4. The smallest absolute Gasteiger partial charge is 0.0543 e. The zero-order valence-corrected chi connectivity index (χ0v) is 35.7. The second-order valence-electron chi connectivity index (χ2n) is 22.7. The van der Waals surface area contributed by atoms with Crippen molar-refractivity contribution in [2.24, 2.45) is 29.1 Å². The molecular weight excluding hydrogens is 687 g/mol. The number of anilines is 3. The quantitative estimate of drug-likeness (QED) is 0.177. The van der Waals surface area contributed by atoms with E-state index in [9.17, 15) is 0 Å². The molecule has 0 aromatic heterocycles. The lowest BCUT2D eigenvalue weighted by Crippen LogP contribution is -2.73. The van der Waals surface area contributed by atoms with Crippen LogP contribution < -0.4 is 4.90 Å². The molecule has 1 heteroatoms. The molecule has 6 atom stereocenters. The van der Waals surface area contributed by atoms with E-state index in [0.717, 1.165) is 23.7 Å². The van der Waals surface area contributed by atoms with E-state index in [2.05, 4.69) is 163 Å². The summed E-state index contributed by atoms with van der Waals surface area (Å²) in [7, 11) is 0. The minimum atomic E-state index is 0.0915. The van der Waals surface area contributed by atoms with E-state index in [1.807, 2.05) is 0 Å². The first-order chi connectivity index (χ1) is 27.2. The van der Waals surface area contributed by atoms with Crippen LogP contribution in [0.4, 0.5) is 17.1 Å². The first kappa shape index (κ1) is 34.9. The molecule has 6 unspecified atom stereocenters. The van der Waals surface area contributed by atoms with Gasteiger partial charge < -0.3 is 4.90 Å². The van der Waals surface area contributed by atoms with Crippen LogP contribution in [-0.4, -0.2) is 0 Å². The molecule has 0 amide bonds. The first-order valence-electron chi connectivity index (χ1n) is 22.6. The maximum atomic E-state index is 2.72. The molecule has 0 heterocycles. The molecule has 5 aromatic carbocycles. The van der Waals surface area contributed by atoms with Gasteiger partial charge in [-0.3, -0.25) is 0 Å². The van der Waals surface area contributed by atoms with E-state index in [-0.39, 0.29) is 27.1 Å². The van der Waals surface area contributed by atoms with Crippen LogP contribution in [0.25, 0.3) is 22.3 Å². The van der Waals surface area contributed by atoms with E-state index >= 15 is 0 Å². The van der Waals surface area contributed by atoms with Crippen LogP contribution in [0.2, 0.25) is 0 Å². The average molecular weight is 748 g/mol. The van der Waals surface area contributed by atoms with Crippen LogP contribution in [0, 0.1) is 29.1 Å². The molecule has 5 aromatic rings. The average Bonchev–Trinajstić information content (AvgIpc) is 3.83. The highest BCUT2D eigenvalue weighted by molar-refractivity contribution is 6.00. The molecule has 290 valence electrons. The van der Waals surface area contributed by atoms with Gasteiger partial charge in [0.1, 0.15) is 0 Å². The maximum Gasteiger partial charge on any atom is 0.0543 e. The van der Waals surface area contributed by atoms with Crippen molar-refractivity contribution in [1.82, 2.24) is 0 Å². The van der Waals surface area contributed by atoms with Crippen molar-refractivity contribution in [3.05, 3.63) is 137 Å². The normalized spacial score (nSPS) is 31.6. The Morgan fingerprint density at radius 2 is 1.05 bits per heavy atom. The Morgan fingerprint density at radius 1 is 0.491 bits per heavy atom. The van der Waals surface area contributed by atoms with Gasteiger partial charge in [-0.15, -0.1) is 0 Å². The molecule has 7 aliphatic carbocycles. The minimum absolute atomic E-state index is 0.0915. The van der Waals surface area contributed by atoms with E-state index in [1.54, 1.807) is 11.1 Å². The van der Waals surface area contributed by atoms with Crippen molar-refractivity contribution >= 4 is 17.1 Å². The summed E-state index contributed by atoms with van der Waals surface area (Å²) in [5.74, 6) is 3.38. The molecule has 4 saturated carbocycles. The van der Waals surface area contributed by atoms with Crippen molar-refractivity contribution in [2.75, 3.05) is 4.90 Å². The molecule has 12 rings (SSSR count). The zero-order valence-electron chi connectivity index (χ0n) is 35.7. The lowest BCUT2D eigenvalue weighted by Gasteiger charge is -2.76. The summed E-state index contributed by atoms with van der Waals surface area (Å²) in [6.45, 7) is 19.8. The van der Waals surface area contributed by atoms with Crippen LogP contribution >= 0.6 is 0 Å². The fourth-order valence-corrected chi connectivity index (χ4v) is 15.3. The molecule has 2 spiro atoms. The fourth-order valence-electron chi connectivity index (χ4n) is 15.3. The van der Waals surface area contributed by atoms with Crippen molar-refractivity contribution < 1.29 is 0 Å². The van der Waals surface area contributed by atoms with Gasteiger partial charge in [-0.1, -0.05) is 128 Å².